The number of aryl methyl sites for hydroxylation is 1. The van der Waals surface area contributed by atoms with Crippen molar-refractivity contribution in [2.24, 2.45) is 23.5 Å². The summed E-state index contributed by atoms with van der Waals surface area (Å²) in [6.45, 7) is 2.84. The van der Waals surface area contributed by atoms with Crippen LogP contribution in [-0.2, 0) is 11.3 Å². The van der Waals surface area contributed by atoms with Gasteiger partial charge in [0, 0.05) is 24.1 Å². The second kappa shape index (κ2) is 7.19. The van der Waals surface area contributed by atoms with E-state index in [-0.39, 0.29) is 17.9 Å². The van der Waals surface area contributed by atoms with E-state index in [0.717, 1.165) is 49.3 Å². The SMILES string of the molecule is CCn1cnnc1-c1ccccc1NC(=O)C1CC2CCCC(C1)C2N. The first-order valence-electron chi connectivity index (χ1n) is 9.71. The number of hydrogen-bond donors (Lipinski definition) is 2. The standard InChI is InChI=1S/C20H27N5O/c1-2-25-12-22-24-19(25)16-8-3-4-9-17(16)23-20(26)15-10-13-6-5-7-14(11-15)18(13)21/h3-4,8-9,12-15,18H,2,5-7,10-11,21H2,1H3,(H,23,26). The van der Waals surface area contributed by atoms with Gasteiger partial charge in [0.15, 0.2) is 5.82 Å². The molecule has 0 aliphatic heterocycles. The van der Waals surface area contributed by atoms with Gasteiger partial charge in [0.25, 0.3) is 0 Å². The van der Waals surface area contributed by atoms with Gasteiger partial charge >= 0.3 is 0 Å². The molecule has 2 aliphatic rings. The Morgan fingerprint density at radius 1 is 1.27 bits per heavy atom. The van der Waals surface area contributed by atoms with Gasteiger partial charge in [-0.1, -0.05) is 18.6 Å². The Bertz CT molecular complexity index is 772. The smallest absolute Gasteiger partial charge is 0.227 e. The minimum atomic E-state index is 0.0576. The van der Waals surface area contributed by atoms with E-state index in [2.05, 4.69) is 22.4 Å². The number of aromatic nitrogens is 3. The molecule has 1 amide bonds. The highest BCUT2D eigenvalue weighted by Gasteiger charge is 2.40. The molecule has 138 valence electrons. The Balaban J connectivity index is 1.54. The molecule has 0 saturated heterocycles. The van der Waals surface area contributed by atoms with Crippen molar-refractivity contribution in [2.45, 2.75) is 51.6 Å². The maximum atomic E-state index is 13.0. The molecular weight excluding hydrogens is 326 g/mol. The van der Waals surface area contributed by atoms with E-state index in [9.17, 15) is 4.79 Å². The van der Waals surface area contributed by atoms with Crippen LogP contribution in [0.4, 0.5) is 5.69 Å². The van der Waals surface area contributed by atoms with Crippen LogP contribution in [0.5, 0.6) is 0 Å². The Hall–Kier alpha value is -2.21. The average molecular weight is 353 g/mol. The molecule has 3 N–H and O–H groups in total. The molecule has 1 aromatic carbocycles. The lowest BCUT2D eigenvalue weighted by Gasteiger charge is -2.43. The van der Waals surface area contributed by atoms with Gasteiger partial charge in [-0.05, 0) is 56.6 Å². The van der Waals surface area contributed by atoms with Gasteiger partial charge in [0.1, 0.15) is 6.33 Å². The number of fused-ring (bicyclic) bond motifs is 2. The number of nitrogens with two attached hydrogens (primary N) is 1. The predicted octanol–water partition coefficient (Wildman–Crippen LogP) is 3.06. The average Bonchev–Trinajstić information content (AvgIpc) is 3.10. The molecule has 4 rings (SSSR count). The molecule has 2 fully saturated rings. The molecule has 2 aliphatic carbocycles. The number of carbonyl (C=O) groups excluding carboxylic acids is 1. The fourth-order valence-electron chi connectivity index (χ4n) is 4.72. The highest BCUT2D eigenvalue weighted by Crippen LogP contribution is 2.42. The minimum absolute atomic E-state index is 0.0576. The molecule has 2 aromatic rings. The van der Waals surface area contributed by atoms with Gasteiger partial charge in [-0.3, -0.25) is 4.79 Å². The molecule has 6 nitrogen and oxygen atoms in total. The molecular formula is C20H27N5O. The Labute approximate surface area is 154 Å². The largest absolute Gasteiger partial charge is 0.327 e. The molecule has 2 saturated carbocycles. The van der Waals surface area contributed by atoms with Crippen LogP contribution < -0.4 is 11.1 Å². The van der Waals surface area contributed by atoms with Crippen LogP contribution in [0.25, 0.3) is 11.4 Å². The molecule has 26 heavy (non-hydrogen) atoms. The second-order valence-corrected chi connectivity index (χ2v) is 7.67. The molecule has 2 bridgehead atoms. The van der Waals surface area contributed by atoms with Crippen molar-refractivity contribution in [2.75, 3.05) is 5.32 Å². The molecule has 2 unspecified atom stereocenters. The molecule has 1 aromatic heterocycles. The quantitative estimate of drug-likeness (QED) is 0.884. The summed E-state index contributed by atoms with van der Waals surface area (Å²) in [6.07, 6.45) is 7.13. The van der Waals surface area contributed by atoms with Gasteiger partial charge in [0.05, 0.1) is 5.69 Å². The summed E-state index contributed by atoms with van der Waals surface area (Å²) in [7, 11) is 0. The summed E-state index contributed by atoms with van der Waals surface area (Å²) in [5, 5.41) is 11.4. The summed E-state index contributed by atoms with van der Waals surface area (Å²) in [5.74, 6) is 1.95. The first-order chi connectivity index (χ1) is 12.7. The summed E-state index contributed by atoms with van der Waals surface area (Å²) >= 11 is 0. The number of rotatable bonds is 4. The Morgan fingerprint density at radius 3 is 2.73 bits per heavy atom. The number of nitrogens with zero attached hydrogens (tertiary/aromatic N) is 3. The number of amides is 1. The zero-order chi connectivity index (χ0) is 18.1. The van der Waals surface area contributed by atoms with Crippen molar-refractivity contribution in [1.29, 1.82) is 0 Å². The van der Waals surface area contributed by atoms with Crippen LogP contribution in [0, 0.1) is 17.8 Å². The molecule has 0 spiro atoms. The van der Waals surface area contributed by atoms with Gasteiger partial charge in [-0.25, -0.2) is 0 Å². The monoisotopic (exact) mass is 353 g/mol. The fraction of sp³-hybridized carbons (Fsp3) is 0.550. The first kappa shape index (κ1) is 17.2. The van der Waals surface area contributed by atoms with Crippen molar-refractivity contribution in [3.05, 3.63) is 30.6 Å². The van der Waals surface area contributed by atoms with Crippen LogP contribution >= 0.6 is 0 Å². The zero-order valence-corrected chi connectivity index (χ0v) is 15.3. The zero-order valence-electron chi connectivity index (χ0n) is 15.3. The molecule has 0 radical (unpaired) electrons. The highest BCUT2D eigenvalue weighted by atomic mass is 16.1. The van der Waals surface area contributed by atoms with Crippen LogP contribution in [-0.4, -0.2) is 26.7 Å². The van der Waals surface area contributed by atoms with Gasteiger partial charge in [-0.15, -0.1) is 10.2 Å². The number of hydrogen-bond acceptors (Lipinski definition) is 4. The number of para-hydroxylation sites is 1. The Morgan fingerprint density at radius 2 is 2.00 bits per heavy atom. The number of benzene rings is 1. The van der Waals surface area contributed by atoms with Crippen molar-refractivity contribution in [3.8, 4) is 11.4 Å². The van der Waals surface area contributed by atoms with Crippen LogP contribution in [0.15, 0.2) is 30.6 Å². The lowest BCUT2D eigenvalue weighted by atomic mass is 9.65. The van der Waals surface area contributed by atoms with E-state index in [0.29, 0.717) is 11.8 Å². The van der Waals surface area contributed by atoms with Crippen molar-refractivity contribution >= 4 is 11.6 Å². The van der Waals surface area contributed by atoms with Crippen LogP contribution in [0.1, 0.15) is 39.0 Å². The lowest BCUT2D eigenvalue weighted by molar-refractivity contribution is -0.122. The van der Waals surface area contributed by atoms with E-state index in [1.807, 2.05) is 28.8 Å². The van der Waals surface area contributed by atoms with Gasteiger partial charge in [-0.2, -0.15) is 0 Å². The maximum absolute atomic E-state index is 13.0. The van der Waals surface area contributed by atoms with Gasteiger partial charge in [0.2, 0.25) is 5.91 Å². The molecule has 6 heteroatoms. The van der Waals surface area contributed by atoms with E-state index in [4.69, 9.17) is 5.73 Å². The van der Waals surface area contributed by atoms with E-state index >= 15 is 0 Å². The summed E-state index contributed by atoms with van der Waals surface area (Å²) in [6, 6.07) is 8.11. The predicted molar refractivity (Wildman–Crippen MR) is 101 cm³/mol. The third kappa shape index (κ3) is 3.14. The number of carbonyl (C=O) groups is 1. The fourth-order valence-corrected chi connectivity index (χ4v) is 4.72. The summed E-state index contributed by atoms with van der Waals surface area (Å²) < 4.78 is 1.98. The molecule has 1 heterocycles. The van der Waals surface area contributed by atoms with Crippen molar-refractivity contribution < 1.29 is 4.79 Å². The van der Waals surface area contributed by atoms with E-state index in [1.54, 1.807) is 6.33 Å². The summed E-state index contributed by atoms with van der Waals surface area (Å²) in [5.41, 5.74) is 8.09. The highest BCUT2D eigenvalue weighted by molar-refractivity contribution is 5.96. The lowest BCUT2D eigenvalue weighted by Crippen LogP contribution is -2.48. The van der Waals surface area contributed by atoms with Gasteiger partial charge < -0.3 is 15.6 Å². The topological polar surface area (TPSA) is 85.8 Å². The van der Waals surface area contributed by atoms with Crippen LogP contribution in [0.3, 0.4) is 0 Å². The normalized spacial score (nSPS) is 27.9. The van der Waals surface area contributed by atoms with Crippen molar-refractivity contribution in [3.63, 3.8) is 0 Å². The van der Waals surface area contributed by atoms with Crippen LogP contribution in [0.2, 0.25) is 0 Å². The maximum Gasteiger partial charge on any atom is 0.227 e. The number of nitrogens with one attached hydrogen (secondary N) is 1. The van der Waals surface area contributed by atoms with Crippen molar-refractivity contribution in [1.82, 2.24) is 14.8 Å². The third-order valence-electron chi connectivity index (χ3n) is 6.17. The molecule has 2 atom stereocenters. The minimum Gasteiger partial charge on any atom is -0.327 e. The second-order valence-electron chi connectivity index (χ2n) is 7.67. The van der Waals surface area contributed by atoms with E-state index in [1.165, 1.54) is 6.42 Å². The number of anilines is 1. The Kier molecular flexibility index (Phi) is 4.76. The first-order valence-corrected chi connectivity index (χ1v) is 9.71. The van der Waals surface area contributed by atoms with E-state index < -0.39 is 0 Å². The summed E-state index contributed by atoms with van der Waals surface area (Å²) in [4.78, 5) is 13.0. The third-order valence-corrected chi connectivity index (χ3v) is 6.17.